The molecule has 1 fully saturated rings. The van der Waals surface area contributed by atoms with Gasteiger partial charge in [0.2, 0.25) is 5.91 Å². The first-order chi connectivity index (χ1) is 10.0. The average Bonchev–Trinajstić information content (AvgIpc) is 3.25. The molecule has 0 aliphatic heterocycles. The smallest absolute Gasteiger partial charge is 0.251 e. The van der Waals surface area contributed by atoms with Gasteiger partial charge in [-0.1, -0.05) is 0 Å². The van der Waals surface area contributed by atoms with Gasteiger partial charge in [-0.15, -0.1) is 0 Å². The van der Waals surface area contributed by atoms with Crippen LogP contribution >= 0.6 is 0 Å². The maximum absolute atomic E-state index is 11.9. The average molecular weight is 290 g/mol. The Kier molecular flexibility index (Phi) is 4.67. The zero-order valence-electron chi connectivity index (χ0n) is 12.4. The van der Waals surface area contributed by atoms with Gasteiger partial charge in [-0.25, -0.2) is 0 Å². The Balaban J connectivity index is 1.99. The SMILES string of the molecule is CCNC(=O)c1ccc(NC(C)C(=O)NC2CC2)c(N)c1. The van der Waals surface area contributed by atoms with Gasteiger partial charge in [0.15, 0.2) is 0 Å². The molecule has 5 N–H and O–H groups in total. The van der Waals surface area contributed by atoms with E-state index in [1.807, 2.05) is 6.92 Å². The normalized spacial score (nSPS) is 15.1. The number of benzene rings is 1. The Morgan fingerprint density at radius 2 is 2.10 bits per heavy atom. The van der Waals surface area contributed by atoms with Crippen LogP contribution in [-0.2, 0) is 4.79 Å². The van der Waals surface area contributed by atoms with Gasteiger partial charge >= 0.3 is 0 Å². The lowest BCUT2D eigenvalue weighted by Crippen LogP contribution is -2.38. The van der Waals surface area contributed by atoms with E-state index in [4.69, 9.17) is 5.73 Å². The second-order valence-corrected chi connectivity index (χ2v) is 5.31. The van der Waals surface area contributed by atoms with Crippen LogP contribution < -0.4 is 21.7 Å². The van der Waals surface area contributed by atoms with Gasteiger partial charge in [0.1, 0.15) is 6.04 Å². The number of nitrogen functional groups attached to an aromatic ring is 1. The summed E-state index contributed by atoms with van der Waals surface area (Å²) in [6.45, 7) is 4.21. The van der Waals surface area contributed by atoms with Crippen molar-refractivity contribution in [3.05, 3.63) is 23.8 Å². The molecule has 0 bridgehead atoms. The Labute approximate surface area is 124 Å². The van der Waals surface area contributed by atoms with Crippen LogP contribution in [0.1, 0.15) is 37.0 Å². The van der Waals surface area contributed by atoms with E-state index in [0.29, 0.717) is 29.5 Å². The van der Waals surface area contributed by atoms with Crippen molar-refractivity contribution in [2.24, 2.45) is 0 Å². The zero-order chi connectivity index (χ0) is 15.4. The summed E-state index contributed by atoms with van der Waals surface area (Å²) in [5.41, 5.74) is 7.56. The van der Waals surface area contributed by atoms with Crippen molar-refractivity contribution < 1.29 is 9.59 Å². The van der Waals surface area contributed by atoms with Crippen LogP contribution in [0.4, 0.5) is 11.4 Å². The standard InChI is InChI=1S/C15H22N4O2/c1-3-17-15(21)10-4-7-13(12(16)8-10)18-9(2)14(20)19-11-5-6-11/h4,7-9,11,18H,3,5-6,16H2,1-2H3,(H,17,21)(H,19,20). The molecule has 1 atom stereocenters. The minimum absolute atomic E-state index is 0.0373. The Morgan fingerprint density at radius 1 is 1.38 bits per heavy atom. The molecule has 1 aromatic rings. The minimum Gasteiger partial charge on any atom is -0.397 e. The highest BCUT2D eigenvalue weighted by Crippen LogP contribution is 2.22. The van der Waals surface area contributed by atoms with Crippen molar-refractivity contribution in [1.29, 1.82) is 0 Å². The topological polar surface area (TPSA) is 96.2 Å². The lowest BCUT2D eigenvalue weighted by Gasteiger charge is -2.17. The third-order valence-corrected chi connectivity index (χ3v) is 3.34. The van der Waals surface area contributed by atoms with Crippen molar-refractivity contribution in [3.63, 3.8) is 0 Å². The fourth-order valence-corrected chi connectivity index (χ4v) is 1.95. The van der Waals surface area contributed by atoms with Crippen LogP contribution in [0.25, 0.3) is 0 Å². The highest BCUT2D eigenvalue weighted by Gasteiger charge is 2.25. The lowest BCUT2D eigenvalue weighted by atomic mass is 10.1. The number of hydrogen-bond acceptors (Lipinski definition) is 4. The van der Waals surface area contributed by atoms with Crippen molar-refractivity contribution in [1.82, 2.24) is 10.6 Å². The second-order valence-electron chi connectivity index (χ2n) is 5.31. The van der Waals surface area contributed by atoms with Gasteiger partial charge in [0.25, 0.3) is 5.91 Å². The van der Waals surface area contributed by atoms with E-state index < -0.39 is 0 Å². The van der Waals surface area contributed by atoms with Gasteiger partial charge in [0.05, 0.1) is 11.4 Å². The molecule has 1 aromatic carbocycles. The molecule has 0 spiro atoms. The lowest BCUT2D eigenvalue weighted by molar-refractivity contribution is -0.121. The summed E-state index contributed by atoms with van der Waals surface area (Å²) in [6, 6.07) is 4.98. The maximum atomic E-state index is 11.9. The molecule has 0 heterocycles. The highest BCUT2D eigenvalue weighted by molar-refractivity contribution is 5.96. The number of nitrogens with two attached hydrogens (primary N) is 1. The summed E-state index contributed by atoms with van der Waals surface area (Å²) in [5, 5.41) is 8.72. The van der Waals surface area contributed by atoms with E-state index in [2.05, 4.69) is 16.0 Å². The number of nitrogens with one attached hydrogen (secondary N) is 3. The summed E-state index contributed by atoms with van der Waals surface area (Å²) in [6.07, 6.45) is 2.11. The molecule has 2 rings (SSSR count). The summed E-state index contributed by atoms with van der Waals surface area (Å²) in [4.78, 5) is 23.6. The molecule has 114 valence electrons. The van der Waals surface area contributed by atoms with E-state index in [0.717, 1.165) is 12.8 Å². The Hall–Kier alpha value is -2.24. The maximum Gasteiger partial charge on any atom is 0.251 e. The highest BCUT2D eigenvalue weighted by atomic mass is 16.2. The molecule has 1 unspecified atom stereocenters. The Morgan fingerprint density at radius 3 is 2.67 bits per heavy atom. The Bertz CT molecular complexity index is 540. The number of hydrogen-bond donors (Lipinski definition) is 4. The molecule has 0 radical (unpaired) electrons. The third kappa shape index (κ3) is 4.11. The van der Waals surface area contributed by atoms with Crippen LogP contribution in [-0.4, -0.2) is 30.4 Å². The number of rotatable bonds is 6. The first kappa shape index (κ1) is 15.2. The third-order valence-electron chi connectivity index (χ3n) is 3.34. The molecule has 1 aliphatic carbocycles. The van der Waals surface area contributed by atoms with E-state index in [-0.39, 0.29) is 17.9 Å². The van der Waals surface area contributed by atoms with E-state index in [1.54, 1.807) is 25.1 Å². The molecule has 1 saturated carbocycles. The summed E-state index contributed by atoms with van der Waals surface area (Å²) < 4.78 is 0. The first-order valence-corrected chi connectivity index (χ1v) is 7.26. The molecule has 2 amide bonds. The van der Waals surface area contributed by atoms with Gasteiger partial charge < -0.3 is 21.7 Å². The fraction of sp³-hybridized carbons (Fsp3) is 0.467. The molecule has 6 nitrogen and oxygen atoms in total. The molecular formula is C15H22N4O2. The largest absolute Gasteiger partial charge is 0.397 e. The molecule has 1 aliphatic rings. The van der Waals surface area contributed by atoms with Crippen molar-refractivity contribution >= 4 is 23.2 Å². The molecule has 21 heavy (non-hydrogen) atoms. The summed E-state index contributed by atoms with van der Waals surface area (Å²) in [7, 11) is 0. The van der Waals surface area contributed by atoms with E-state index in [9.17, 15) is 9.59 Å². The van der Waals surface area contributed by atoms with E-state index in [1.165, 1.54) is 0 Å². The van der Waals surface area contributed by atoms with Crippen LogP contribution in [0.3, 0.4) is 0 Å². The minimum atomic E-state index is -0.372. The molecular weight excluding hydrogens is 268 g/mol. The quantitative estimate of drug-likeness (QED) is 0.590. The van der Waals surface area contributed by atoms with Crippen LogP contribution in [0.2, 0.25) is 0 Å². The van der Waals surface area contributed by atoms with Crippen LogP contribution in [0, 0.1) is 0 Å². The number of amides is 2. The van der Waals surface area contributed by atoms with Crippen LogP contribution in [0.5, 0.6) is 0 Å². The zero-order valence-corrected chi connectivity index (χ0v) is 12.4. The number of carbonyl (C=O) groups is 2. The second kappa shape index (κ2) is 6.47. The first-order valence-electron chi connectivity index (χ1n) is 7.26. The predicted molar refractivity (Wildman–Crippen MR) is 83.1 cm³/mol. The monoisotopic (exact) mass is 290 g/mol. The van der Waals surface area contributed by atoms with Crippen molar-refractivity contribution in [3.8, 4) is 0 Å². The number of carbonyl (C=O) groups excluding carboxylic acids is 2. The molecule has 0 saturated heterocycles. The van der Waals surface area contributed by atoms with Gasteiger partial charge in [0, 0.05) is 18.2 Å². The van der Waals surface area contributed by atoms with Crippen molar-refractivity contribution in [2.45, 2.75) is 38.8 Å². The fourth-order valence-electron chi connectivity index (χ4n) is 1.95. The summed E-state index contributed by atoms with van der Waals surface area (Å²) >= 11 is 0. The predicted octanol–water partition coefficient (Wildman–Crippen LogP) is 1.10. The summed E-state index contributed by atoms with van der Waals surface area (Å²) in [5.74, 6) is -0.194. The molecule has 6 heteroatoms. The van der Waals surface area contributed by atoms with Gasteiger partial charge in [-0.2, -0.15) is 0 Å². The molecule has 0 aromatic heterocycles. The van der Waals surface area contributed by atoms with Crippen LogP contribution in [0.15, 0.2) is 18.2 Å². The van der Waals surface area contributed by atoms with E-state index >= 15 is 0 Å². The van der Waals surface area contributed by atoms with Crippen molar-refractivity contribution in [2.75, 3.05) is 17.6 Å². The number of anilines is 2. The van der Waals surface area contributed by atoms with Gasteiger partial charge in [-0.05, 0) is 44.9 Å². The van der Waals surface area contributed by atoms with Gasteiger partial charge in [-0.3, -0.25) is 9.59 Å².